The molecule has 0 saturated carbocycles. The van der Waals surface area contributed by atoms with Crippen LogP contribution in [0.15, 0.2) is 49.1 Å². The lowest BCUT2D eigenvalue weighted by molar-refractivity contribution is 0.415. The second-order valence-corrected chi connectivity index (χ2v) is 8.13. The number of hydrogen-bond donors (Lipinski definition) is 1. The maximum absolute atomic E-state index is 5.68. The minimum atomic E-state index is -0.00117. The third kappa shape index (κ3) is 3.41. The van der Waals surface area contributed by atoms with Crippen LogP contribution in [0.5, 0.6) is 5.75 Å². The monoisotopic (exact) mass is 361 g/mol. The molecule has 1 aliphatic carbocycles. The molecule has 0 aromatic heterocycles. The fourth-order valence-corrected chi connectivity index (χ4v) is 4.53. The molecule has 0 amide bonds. The Hall–Kier alpha value is -2.48. The summed E-state index contributed by atoms with van der Waals surface area (Å²) in [4.78, 5) is 0. The van der Waals surface area contributed by atoms with Gasteiger partial charge in [-0.3, -0.25) is 0 Å². The van der Waals surface area contributed by atoms with E-state index in [1.165, 1.54) is 39.1 Å². The Balaban J connectivity index is 0.000000659. The SMILES string of the molecule is C=CC.COc1cccc2c1-c1ccc3c(c1C(C)C2)C(C)=CC(C)(C)N3. The van der Waals surface area contributed by atoms with E-state index in [0.717, 1.165) is 12.2 Å². The first kappa shape index (κ1) is 19.3. The van der Waals surface area contributed by atoms with Crippen molar-refractivity contribution in [1.29, 1.82) is 0 Å². The lowest BCUT2D eigenvalue weighted by atomic mass is 9.74. The molecule has 0 radical (unpaired) electrons. The molecule has 0 bridgehead atoms. The molecule has 2 nitrogen and oxygen atoms in total. The van der Waals surface area contributed by atoms with Gasteiger partial charge in [0.2, 0.25) is 0 Å². The molecule has 1 N–H and O–H groups in total. The minimum absolute atomic E-state index is 0.00117. The van der Waals surface area contributed by atoms with Crippen LogP contribution < -0.4 is 10.1 Å². The number of anilines is 1. The van der Waals surface area contributed by atoms with E-state index in [-0.39, 0.29) is 5.54 Å². The highest BCUT2D eigenvalue weighted by atomic mass is 16.5. The summed E-state index contributed by atoms with van der Waals surface area (Å²) in [5.41, 5.74) is 9.46. The van der Waals surface area contributed by atoms with Crippen LogP contribution in [-0.4, -0.2) is 12.6 Å². The number of benzene rings is 2. The van der Waals surface area contributed by atoms with Gasteiger partial charge in [0.25, 0.3) is 0 Å². The van der Waals surface area contributed by atoms with Crippen molar-refractivity contribution in [1.82, 2.24) is 0 Å². The highest BCUT2D eigenvalue weighted by Crippen LogP contribution is 2.49. The number of fused-ring (bicyclic) bond motifs is 5. The molecule has 1 heterocycles. The number of nitrogens with one attached hydrogen (secondary N) is 1. The molecule has 2 aliphatic rings. The van der Waals surface area contributed by atoms with E-state index < -0.39 is 0 Å². The van der Waals surface area contributed by atoms with Crippen LogP contribution in [0.1, 0.15) is 57.2 Å². The first-order valence-electron chi connectivity index (χ1n) is 9.71. The van der Waals surface area contributed by atoms with Crippen LogP contribution >= 0.6 is 0 Å². The fourth-order valence-electron chi connectivity index (χ4n) is 4.53. The second kappa shape index (κ2) is 7.26. The Kier molecular flexibility index (Phi) is 5.19. The summed E-state index contributed by atoms with van der Waals surface area (Å²) >= 11 is 0. The summed E-state index contributed by atoms with van der Waals surface area (Å²) in [7, 11) is 1.76. The molecule has 4 rings (SSSR count). The van der Waals surface area contributed by atoms with Gasteiger partial charge in [-0.05, 0) is 74.4 Å². The molecule has 0 saturated heterocycles. The lowest BCUT2D eigenvalue weighted by Crippen LogP contribution is -2.32. The van der Waals surface area contributed by atoms with Crippen molar-refractivity contribution >= 4 is 11.3 Å². The first-order valence-corrected chi connectivity index (χ1v) is 9.71. The minimum Gasteiger partial charge on any atom is -0.496 e. The zero-order chi connectivity index (χ0) is 19.8. The molecule has 27 heavy (non-hydrogen) atoms. The largest absolute Gasteiger partial charge is 0.496 e. The van der Waals surface area contributed by atoms with Gasteiger partial charge in [-0.1, -0.05) is 37.3 Å². The predicted molar refractivity (Wildman–Crippen MR) is 118 cm³/mol. The summed E-state index contributed by atoms with van der Waals surface area (Å²) < 4.78 is 5.68. The van der Waals surface area contributed by atoms with Crippen molar-refractivity contribution in [3.05, 3.63) is 65.8 Å². The van der Waals surface area contributed by atoms with Crippen LogP contribution in [0.2, 0.25) is 0 Å². The van der Waals surface area contributed by atoms with Crippen molar-refractivity contribution in [3.8, 4) is 16.9 Å². The molecular weight excluding hydrogens is 330 g/mol. The Morgan fingerprint density at radius 2 is 1.89 bits per heavy atom. The van der Waals surface area contributed by atoms with E-state index in [0.29, 0.717) is 5.92 Å². The highest BCUT2D eigenvalue weighted by molar-refractivity contribution is 5.90. The van der Waals surface area contributed by atoms with Gasteiger partial charge in [-0.25, -0.2) is 0 Å². The number of rotatable bonds is 1. The van der Waals surface area contributed by atoms with Gasteiger partial charge >= 0.3 is 0 Å². The van der Waals surface area contributed by atoms with Crippen molar-refractivity contribution < 1.29 is 4.74 Å². The molecule has 0 fully saturated rings. The standard InChI is InChI=1S/C22H25NO.C3H6/c1-13-11-15-7-6-8-18(24-5)21(15)16-9-10-17-20(19(13)16)14(2)12-22(3,4)23-17;1-3-2/h6-10,12-13,23H,11H2,1-5H3;3H,1H2,2H3. The maximum atomic E-state index is 5.68. The maximum Gasteiger partial charge on any atom is 0.126 e. The van der Waals surface area contributed by atoms with Gasteiger partial charge in [0, 0.05) is 16.8 Å². The van der Waals surface area contributed by atoms with Crippen molar-refractivity contribution in [3.63, 3.8) is 0 Å². The van der Waals surface area contributed by atoms with Crippen LogP contribution in [0, 0.1) is 0 Å². The Morgan fingerprint density at radius 3 is 2.56 bits per heavy atom. The summed E-state index contributed by atoms with van der Waals surface area (Å²) in [6.45, 7) is 14.3. The van der Waals surface area contributed by atoms with Crippen LogP contribution in [0.25, 0.3) is 16.7 Å². The Bertz CT molecular complexity index is 905. The van der Waals surface area contributed by atoms with Gasteiger partial charge < -0.3 is 10.1 Å². The molecule has 1 atom stereocenters. The molecule has 2 aromatic rings. The van der Waals surface area contributed by atoms with E-state index in [1.54, 1.807) is 13.2 Å². The third-order valence-electron chi connectivity index (χ3n) is 5.29. The van der Waals surface area contributed by atoms with Crippen molar-refractivity contribution in [2.45, 2.75) is 52.5 Å². The number of hydrogen-bond acceptors (Lipinski definition) is 2. The van der Waals surface area contributed by atoms with Crippen LogP contribution in [-0.2, 0) is 6.42 Å². The number of methoxy groups -OCH3 is 1. The number of ether oxygens (including phenoxy) is 1. The van der Waals surface area contributed by atoms with Gasteiger partial charge in [0.15, 0.2) is 0 Å². The fraction of sp³-hybridized carbons (Fsp3) is 0.360. The highest BCUT2D eigenvalue weighted by Gasteiger charge is 2.31. The average Bonchev–Trinajstić information content (AvgIpc) is 2.60. The zero-order valence-electron chi connectivity index (χ0n) is 17.4. The molecule has 2 aromatic carbocycles. The summed E-state index contributed by atoms with van der Waals surface area (Å²) in [6.07, 6.45) is 5.16. The summed E-state index contributed by atoms with van der Waals surface area (Å²) in [5.74, 6) is 1.48. The van der Waals surface area contributed by atoms with E-state index in [2.05, 4.69) is 76.0 Å². The summed E-state index contributed by atoms with van der Waals surface area (Å²) in [5, 5.41) is 3.68. The average molecular weight is 362 g/mol. The molecular formula is C25H31NO. The number of allylic oxidation sites excluding steroid dienone is 2. The van der Waals surface area contributed by atoms with Crippen LogP contribution in [0.4, 0.5) is 5.69 Å². The van der Waals surface area contributed by atoms with Gasteiger partial charge in [-0.15, -0.1) is 6.58 Å². The quantitative estimate of drug-likeness (QED) is 0.563. The van der Waals surface area contributed by atoms with Gasteiger partial charge in [0.1, 0.15) is 5.75 Å². The molecule has 142 valence electrons. The molecule has 0 spiro atoms. The van der Waals surface area contributed by atoms with E-state index in [4.69, 9.17) is 4.74 Å². The third-order valence-corrected chi connectivity index (χ3v) is 5.29. The molecule has 2 heteroatoms. The summed E-state index contributed by atoms with van der Waals surface area (Å²) in [6, 6.07) is 10.9. The van der Waals surface area contributed by atoms with Gasteiger partial charge in [-0.2, -0.15) is 0 Å². The molecule has 1 aliphatic heterocycles. The topological polar surface area (TPSA) is 21.3 Å². The van der Waals surface area contributed by atoms with E-state index in [9.17, 15) is 0 Å². The molecule has 1 unspecified atom stereocenters. The van der Waals surface area contributed by atoms with E-state index >= 15 is 0 Å². The normalized spacial score (nSPS) is 18.4. The first-order chi connectivity index (χ1) is 12.8. The second-order valence-electron chi connectivity index (χ2n) is 8.13. The zero-order valence-corrected chi connectivity index (χ0v) is 17.4. The van der Waals surface area contributed by atoms with Gasteiger partial charge in [0.05, 0.1) is 12.6 Å². The smallest absolute Gasteiger partial charge is 0.126 e. The lowest BCUT2D eigenvalue weighted by Gasteiger charge is -2.36. The van der Waals surface area contributed by atoms with Crippen molar-refractivity contribution in [2.24, 2.45) is 0 Å². The Labute approximate surface area is 164 Å². The van der Waals surface area contributed by atoms with Crippen molar-refractivity contribution in [2.75, 3.05) is 12.4 Å². The van der Waals surface area contributed by atoms with E-state index in [1.807, 2.05) is 6.92 Å². The Morgan fingerprint density at radius 1 is 1.19 bits per heavy atom. The van der Waals surface area contributed by atoms with Crippen LogP contribution in [0.3, 0.4) is 0 Å². The predicted octanol–water partition coefficient (Wildman–Crippen LogP) is 6.82.